The van der Waals surface area contributed by atoms with Crippen molar-refractivity contribution in [2.75, 3.05) is 5.32 Å². The first-order valence-electron chi connectivity index (χ1n) is 7.42. The number of carbonyl (C=O) groups excluding carboxylic acids is 1. The molecule has 0 saturated carbocycles. The maximum absolute atomic E-state index is 12.5. The molecule has 1 amide bonds. The lowest BCUT2D eigenvalue weighted by Gasteiger charge is -2.07. The summed E-state index contributed by atoms with van der Waals surface area (Å²) in [5.41, 5.74) is 2.07. The minimum absolute atomic E-state index is 0.0156. The number of benzene rings is 1. The number of nitrogens with zero attached hydrogens (tertiary/aromatic N) is 1. The number of aromatic nitrogens is 1. The topological polar surface area (TPSA) is 79.3 Å². The van der Waals surface area contributed by atoms with E-state index < -0.39 is 11.9 Å². The van der Waals surface area contributed by atoms with Crippen LogP contribution >= 0.6 is 34.5 Å². The van der Waals surface area contributed by atoms with Crippen molar-refractivity contribution in [1.82, 2.24) is 4.98 Å². The van der Waals surface area contributed by atoms with E-state index in [-0.39, 0.29) is 21.3 Å². The third kappa shape index (κ3) is 3.72. The van der Waals surface area contributed by atoms with Gasteiger partial charge in [0.05, 0.1) is 5.56 Å². The molecule has 0 unspecified atom stereocenters. The minimum Gasteiger partial charge on any atom is -0.478 e. The SMILES string of the molecule is Cc1ccc(C(=O)Nc2scc(-c3ccc(Cl)cc3)c2C(=O)O)c(Cl)n1. The van der Waals surface area contributed by atoms with Gasteiger partial charge in [-0.15, -0.1) is 11.3 Å². The smallest absolute Gasteiger partial charge is 0.339 e. The van der Waals surface area contributed by atoms with Crippen molar-refractivity contribution >= 4 is 51.4 Å². The van der Waals surface area contributed by atoms with Crippen LogP contribution in [-0.2, 0) is 0 Å². The molecule has 0 aliphatic carbocycles. The molecule has 0 saturated heterocycles. The Bertz CT molecular complexity index is 1000. The number of hydrogen-bond acceptors (Lipinski definition) is 4. The average Bonchev–Trinajstić information content (AvgIpc) is 2.99. The lowest BCUT2D eigenvalue weighted by molar-refractivity contribution is 0.0699. The fourth-order valence-corrected chi connectivity index (χ4v) is 3.73. The normalized spacial score (nSPS) is 10.6. The summed E-state index contributed by atoms with van der Waals surface area (Å²) >= 11 is 13.0. The number of carbonyl (C=O) groups is 2. The lowest BCUT2D eigenvalue weighted by Crippen LogP contribution is -2.14. The summed E-state index contributed by atoms with van der Waals surface area (Å²) in [5.74, 6) is -1.66. The van der Waals surface area contributed by atoms with Crippen LogP contribution in [0.3, 0.4) is 0 Å². The van der Waals surface area contributed by atoms with Crippen LogP contribution in [0.4, 0.5) is 5.00 Å². The van der Waals surface area contributed by atoms with Crippen LogP contribution in [0.5, 0.6) is 0 Å². The summed E-state index contributed by atoms with van der Waals surface area (Å²) in [6.07, 6.45) is 0. The summed E-state index contributed by atoms with van der Waals surface area (Å²) in [4.78, 5) is 28.3. The van der Waals surface area contributed by atoms with E-state index in [1.807, 2.05) is 0 Å². The van der Waals surface area contributed by atoms with Gasteiger partial charge in [0.25, 0.3) is 5.91 Å². The summed E-state index contributed by atoms with van der Waals surface area (Å²) in [5, 5.41) is 14.8. The van der Waals surface area contributed by atoms with Gasteiger partial charge in [-0.1, -0.05) is 35.3 Å². The van der Waals surface area contributed by atoms with Crippen molar-refractivity contribution < 1.29 is 14.7 Å². The summed E-state index contributed by atoms with van der Waals surface area (Å²) < 4.78 is 0. The van der Waals surface area contributed by atoms with E-state index in [0.29, 0.717) is 21.8 Å². The zero-order valence-electron chi connectivity index (χ0n) is 13.4. The van der Waals surface area contributed by atoms with E-state index in [1.165, 1.54) is 0 Å². The number of nitrogens with one attached hydrogen (secondary N) is 1. The molecule has 0 spiro atoms. The van der Waals surface area contributed by atoms with Crippen molar-refractivity contribution in [3.63, 3.8) is 0 Å². The van der Waals surface area contributed by atoms with Crippen LogP contribution in [0.15, 0.2) is 41.8 Å². The second-order valence-electron chi connectivity index (χ2n) is 5.41. The molecule has 0 aliphatic heterocycles. The Balaban J connectivity index is 1.97. The highest BCUT2D eigenvalue weighted by atomic mass is 35.5. The van der Waals surface area contributed by atoms with Crippen LogP contribution in [0.25, 0.3) is 11.1 Å². The quantitative estimate of drug-likeness (QED) is 0.570. The fraction of sp³-hybridized carbons (Fsp3) is 0.0556. The first-order valence-corrected chi connectivity index (χ1v) is 9.05. The zero-order valence-corrected chi connectivity index (χ0v) is 15.7. The summed E-state index contributed by atoms with van der Waals surface area (Å²) in [6.45, 7) is 1.76. The third-order valence-corrected chi connectivity index (χ3v) is 5.06. The van der Waals surface area contributed by atoms with E-state index in [0.717, 1.165) is 11.3 Å². The molecule has 0 bridgehead atoms. The first kappa shape index (κ1) is 18.4. The monoisotopic (exact) mass is 406 g/mol. The molecule has 2 heterocycles. The molecular formula is C18H12Cl2N2O3S. The van der Waals surface area contributed by atoms with Gasteiger partial charge in [0.2, 0.25) is 0 Å². The molecule has 5 nitrogen and oxygen atoms in total. The molecule has 2 N–H and O–H groups in total. The summed E-state index contributed by atoms with van der Waals surface area (Å²) in [6, 6.07) is 10.0. The number of amides is 1. The lowest BCUT2D eigenvalue weighted by atomic mass is 10.0. The number of thiophene rings is 1. The Morgan fingerprint density at radius 2 is 1.81 bits per heavy atom. The van der Waals surface area contributed by atoms with Gasteiger partial charge in [-0.05, 0) is 36.8 Å². The molecule has 1 aromatic carbocycles. The van der Waals surface area contributed by atoms with Gasteiger partial charge >= 0.3 is 5.97 Å². The van der Waals surface area contributed by atoms with E-state index in [9.17, 15) is 14.7 Å². The molecule has 3 aromatic rings. The first-order chi connectivity index (χ1) is 12.4. The third-order valence-electron chi connectivity index (χ3n) is 3.62. The Morgan fingerprint density at radius 1 is 1.12 bits per heavy atom. The van der Waals surface area contributed by atoms with Crippen molar-refractivity contribution in [2.24, 2.45) is 0 Å². The highest BCUT2D eigenvalue weighted by Gasteiger charge is 2.22. The molecule has 0 fully saturated rings. The maximum atomic E-state index is 12.5. The number of rotatable bonds is 4. The molecule has 3 rings (SSSR count). The number of hydrogen-bond donors (Lipinski definition) is 2. The van der Waals surface area contributed by atoms with Gasteiger partial charge in [0.15, 0.2) is 0 Å². The van der Waals surface area contributed by atoms with E-state index in [1.54, 1.807) is 48.7 Å². The average molecular weight is 407 g/mol. The van der Waals surface area contributed by atoms with E-state index in [2.05, 4.69) is 10.3 Å². The number of carboxylic acids is 1. The highest BCUT2D eigenvalue weighted by molar-refractivity contribution is 7.15. The number of anilines is 1. The van der Waals surface area contributed by atoms with Gasteiger partial charge in [-0.3, -0.25) is 4.79 Å². The number of aryl methyl sites for hydroxylation is 1. The number of aromatic carboxylic acids is 1. The molecule has 0 radical (unpaired) electrons. The Morgan fingerprint density at radius 3 is 2.42 bits per heavy atom. The molecule has 2 aromatic heterocycles. The second-order valence-corrected chi connectivity index (χ2v) is 7.08. The van der Waals surface area contributed by atoms with Crippen molar-refractivity contribution in [2.45, 2.75) is 6.92 Å². The van der Waals surface area contributed by atoms with Gasteiger partial charge in [0.1, 0.15) is 15.7 Å². The number of halogens is 2. The van der Waals surface area contributed by atoms with Crippen molar-refractivity contribution in [3.05, 3.63) is 68.8 Å². The molecule has 0 aliphatic rings. The largest absolute Gasteiger partial charge is 0.478 e. The molecule has 0 atom stereocenters. The predicted molar refractivity (Wildman–Crippen MR) is 104 cm³/mol. The van der Waals surface area contributed by atoms with Crippen molar-refractivity contribution in [1.29, 1.82) is 0 Å². The molecule has 8 heteroatoms. The highest BCUT2D eigenvalue weighted by Crippen LogP contribution is 2.36. The predicted octanol–water partition coefficient (Wildman–Crippen LogP) is 5.38. The van der Waals surface area contributed by atoms with Gasteiger partial charge < -0.3 is 10.4 Å². The van der Waals surface area contributed by atoms with Crippen LogP contribution < -0.4 is 5.32 Å². The number of pyridine rings is 1. The van der Waals surface area contributed by atoms with Crippen molar-refractivity contribution in [3.8, 4) is 11.1 Å². The Kier molecular flexibility index (Phi) is 5.27. The summed E-state index contributed by atoms with van der Waals surface area (Å²) in [7, 11) is 0. The zero-order chi connectivity index (χ0) is 18.8. The van der Waals surface area contributed by atoms with Crippen LogP contribution in [0.2, 0.25) is 10.2 Å². The minimum atomic E-state index is -1.14. The van der Waals surface area contributed by atoms with Crippen LogP contribution in [0, 0.1) is 6.92 Å². The second kappa shape index (κ2) is 7.45. The maximum Gasteiger partial charge on any atom is 0.339 e. The fourth-order valence-electron chi connectivity index (χ4n) is 2.37. The number of carboxylic acid groups (broad SMARTS) is 1. The molecular weight excluding hydrogens is 395 g/mol. The molecule has 132 valence electrons. The van der Waals surface area contributed by atoms with Gasteiger partial charge in [0, 0.05) is 21.7 Å². The van der Waals surface area contributed by atoms with E-state index >= 15 is 0 Å². The molecule has 26 heavy (non-hydrogen) atoms. The van der Waals surface area contributed by atoms with Gasteiger partial charge in [-0.25, -0.2) is 9.78 Å². The van der Waals surface area contributed by atoms with E-state index in [4.69, 9.17) is 23.2 Å². The van der Waals surface area contributed by atoms with Gasteiger partial charge in [-0.2, -0.15) is 0 Å². The standard InChI is InChI=1S/C18H12Cl2N2O3S/c1-9-2-7-12(15(20)21-9)16(23)22-17-14(18(24)25)13(8-26-17)10-3-5-11(19)6-4-10/h2-8H,1H3,(H,22,23)(H,24,25). The Hall–Kier alpha value is -2.41. The van der Waals surface area contributed by atoms with Crippen LogP contribution in [-0.4, -0.2) is 22.0 Å². The Labute approximate surface area is 163 Å². The van der Waals surface area contributed by atoms with Crippen LogP contribution in [0.1, 0.15) is 26.4 Å².